The molecule has 0 spiro atoms. The lowest BCUT2D eigenvalue weighted by atomic mass is 10.2. The van der Waals surface area contributed by atoms with E-state index in [2.05, 4.69) is 0 Å². The third-order valence-electron chi connectivity index (χ3n) is 2.05. The maximum absolute atomic E-state index is 12.2. The molecule has 0 saturated carbocycles. The van der Waals surface area contributed by atoms with Gasteiger partial charge in [0.25, 0.3) is 0 Å². The molecule has 0 fully saturated rings. The summed E-state index contributed by atoms with van der Waals surface area (Å²) in [4.78, 5) is 0. The average Bonchev–Trinajstić information content (AvgIpc) is 2.24. The Morgan fingerprint density at radius 1 is 1.06 bits per heavy atom. The van der Waals surface area contributed by atoms with Gasteiger partial charge in [0.1, 0.15) is 5.75 Å². The molecule has 2 nitrogen and oxygen atoms in total. The lowest BCUT2D eigenvalue weighted by Crippen LogP contribution is -2.05. The number of hydrogen-bond donors (Lipinski definition) is 1. The maximum Gasteiger partial charge on any atom is 0.416 e. The van der Waals surface area contributed by atoms with Crippen LogP contribution in [0.4, 0.5) is 13.2 Å². The van der Waals surface area contributed by atoms with Crippen molar-refractivity contribution in [1.29, 1.82) is 0 Å². The Balaban J connectivity index is 2.46. The molecule has 1 rings (SSSR count). The number of benzene rings is 1. The smallest absolute Gasteiger partial charge is 0.416 e. The van der Waals surface area contributed by atoms with E-state index in [1.165, 1.54) is 12.1 Å². The van der Waals surface area contributed by atoms with Crippen molar-refractivity contribution in [3.8, 4) is 5.75 Å². The zero-order valence-corrected chi connectivity index (χ0v) is 8.76. The molecule has 0 atom stereocenters. The van der Waals surface area contributed by atoms with Gasteiger partial charge in [-0.1, -0.05) is 0 Å². The molecule has 0 aromatic heterocycles. The fraction of sp³-hybridized carbons (Fsp3) is 0.455. The van der Waals surface area contributed by atoms with Crippen LogP contribution >= 0.6 is 0 Å². The average molecular weight is 233 g/mol. The van der Waals surface area contributed by atoms with Crippen molar-refractivity contribution >= 4 is 0 Å². The monoisotopic (exact) mass is 233 g/mol. The SMILES string of the molecule is NCCCCOc1ccc(C(F)(F)F)cc1. The molecule has 16 heavy (non-hydrogen) atoms. The Hall–Kier alpha value is -1.23. The summed E-state index contributed by atoms with van der Waals surface area (Å²) in [6, 6.07) is 4.67. The van der Waals surface area contributed by atoms with Crippen LogP contribution in [0.5, 0.6) is 5.75 Å². The Morgan fingerprint density at radius 3 is 2.19 bits per heavy atom. The molecule has 0 amide bonds. The van der Waals surface area contributed by atoms with Crippen molar-refractivity contribution in [3.63, 3.8) is 0 Å². The standard InChI is InChI=1S/C11H14F3NO/c12-11(13,14)9-3-5-10(6-4-9)16-8-2-1-7-15/h3-6H,1-2,7-8,15H2. The minimum absolute atomic E-state index is 0.449. The molecule has 0 unspecified atom stereocenters. The van der Waals surface area contributed by atoms with Crippen LogP contribution in [0.3, 0.4) is 0 Å². The number of halogens is 3. The maximum atomic E-state index is 12.2. The quantitative estimate of drug-likeness (QED) is 0.794. The predicted molar refractivity (Wildman–Crippen MR) is 55.2 cm³/mol. The highest BCUT2D eigenvalue weighted by molar-refractivity contribution is 5.28. The lowest BCUT2D eigenvalue weighted by molar-refractivity contribution is -0.137. The highest BCUT2D eigenvalue weighted by atomic mass is 19.4. The van der Waals surface area contributed by atoms with E-state index < -0.39 is 11.7 Å². The van der Waals surface area contributed by atoms with Crippen molar-refractivity contribution < 1.29 is 17.9 Å². The van der Waals surface area contributed by atoms with Gasteiger partial charge in [-0.05, 0) is 43.7 Å². The zero-order valence-electron chi connectivity index (χ0n) is 8.76. The summed E-state index contributed by atoms with van der Waals surface area (Å²) in [5.41, 5.74) is 4.63. The van der Waals surface area contributed by atoms with Gasteiger partial charge in [-0.3, -0.25) is 0 Å². The van der Waals surface area contributed by atoms with Gasteiger partial charge < -0.3 is 10.5 Å². The number of alkyl halides is 3. The van der Waals surface area contributed by atoms with Gasteiger partial charge in [0.15, 0.2) is 0 Å². The zero-order chi connectivity index (χ0) is 12.0. The topological polar surface area (TPSA) is 35.2 Å². The van der Waals surface area contributed by atoms with Gasteiger partial charge in [-0.2, -0.15) is 13.2 Å². The van der Waals surface area contributed by atoms with Crippen LogP contribution in [-0.2, 0) is 6.18 Å². The highest BCUT2D eigenvalue weighted by Gasteiger charge is 2.29. The molecule has 0 aliphatic heterocycles. The number of rotatable bonds is 5. The van der Waals surface area contributed by atoms with E-state index in [0.29, 0.717) is 18.9 Å². The molecule has 2 N–H and O–H groups in total. The summed E-state index contributed by atoms with van der Waals surface area (Å²) in [6.07, 6.45) is -2.64. The van der Waals surface area contributed by atoms with Crippen LogP contribution in [0.1, 0.15) is 18.4 Å². The molecule has 0 heterocycles. The molecule has 0 saturated heterocycles. The second-order valence-electron chi connectivity index (χ2n) is 3.37. The molecule has 90 valence electrons. The van der Waals surface area contributed by atoms with E-state index in [4.69, 9.17) is 10.5 Å². The summed E-state index contributed by atoms with van der Waals surface area (Å²) in [5, 5.41) is 0. The molecule has 1 aromatic rings. The Bertz CT molecular complexity index is 308. The first kappa shape index (κ1) is 12.8. The van der Waals surface area contributed by atoms with Crippen LogP contribution in [-0.4, -0.2) is 13.2 Å². The summed E-state index contributed by atoms with van der Waals surface area (Å²) in [5.74, 6) is 0.449. The first-order valence-electron chi connectivity index (χ1n) is 5.04. The van der Waals surface area contributed by atoms with Crippen LogP contribution in [0, 0.1) is 0 Å². The summed E-state index contributed by atoms with van der Waals surface area (Å²) in [6.45, 7) is 1.07. The third kappa shape index (κ3) is 4.10. The van der Waals surface area contributed by atoms with Gasteiger partial charge in [0, 0.05) is 0 Å². The van der Waals surface area contributed by atoms with Crippen molar-refractivity contribution in [2.24, 2.45) is 5.73 Å². The summed E-state index contributed by atoms with van der Waals surface area (Å²) in [7, 11) is 0. The first-order chi connectivity index (χ1) is 7.54. The molecule has 1 aromatic carbocycles. The van der Waals surface area contributed by atoms with Crippen LogP contribution < -0.4 is 10.5 Å². The van der Waals surface area contributed by atoms with Gasteiger partial charge in [-0.15, -0.1) is 0 Å². The minimum Gasteiger partial charge on any atom is -0.494 e. The van der Waals surface area contributed by atoms with Gasteiger partial charge in [-0.25, -0.2) is 0 Å². The fourth-order valence-electron chi connectivity index (χ4n) is 1.18. The normalized spacial score (nSPS) is 11.5. The molecule has 0 aliphatic rings. The molecule has 0 radical (unpaired) electrons. The van der Waals surface area contributed by atoms with E-state index in [9.17, 15) is 13.2 Å². The third-order valence-corrected chi connectivity index (χ3v) is 2.05. The number of ether oxygens (including phenoxy) is 1. The molecule has 0 bridgehead atoms. The highest BCUT2D eigenvalue weighted by Crippen LogP contribution is 2.30. The second-order valence-corrected chi connectivity index (χ2v) is 3.37. The Kier molecular flexibility index (Phi) is 4.61. The van der Waals surface area contributed by atoms with Crippen molar-refractivity contribution in [3.05, 3.63) is 29.8 Å². The van der Waals surface area contributed by atoms with Crippen molar-refractivity contribution in [2.45, 2.75) is 19.0 Å². The van der Waals surface area contributed by atoms with Crippen LogP contribution in [0.25, 0.3) is 0 Å². The summed E-state index contributed by atoms with van der Waals surface area (Å²) < 4.78 is 41.9. The van der Waals surface area contributed by atoms with E-state index in [1.807, 2.05) is 0 Å². The number of unbranched alkanes of at least 4 members (excludes halogenated alkanes) is 1. The Labute approximate surface area is 92.2 Å². The number of hydrogen-bond acceptors (Lipinski definition) is 2. The van der Waals surface area contributed by atoms with Gasteiger partial charge in [0.2, 0.25) is 0 Å². The molecule has 5 heteroatoms. The molecular formula is C11H14F3NO. The minimum atomic E-state index is -4.29. The number of nitrogens with two attached hydrogens (primary N) is 1. The van der Waals surface area contributed by atoms with Gasteiger partial charge in [0.05, 0.1) is 12.2 Å². The second kappa shape index (κ2) is 5.75. The first-order valence-corrected chi connectivity index (χ1v) is 5.04. The van der Waals surface area contributed by atoms with E-state index in [0.717, 1.165) is 25.0 Å². The van der Waals surface area contributed by atoms with Crippen molar-refractivity contribution in [1.82, 2.24) is 0 Å². The Morgan fingerprint density at radius 2 is 1.69 bits per heavy atom. The van der Waals surface area contributed by atoms with E-state index >= 15 is 0 Å². The van der Waals surface area contributed by atoms with Crippen molar-refractivity contribution in [2.75, 3.05) is 13.2 Å². The predicted octanol–water partition coefficient (Wildman–Crippen LogP) is 2.82. The fourth-order valence-corrected chi connectivity index (χ4v) is 1.18. The molecular weight excluding hydrogens is 219 g/mol. The summed E-state index contributed by atoms with van der Waals surface area (Å²) >= 11 is 0. The largest absolute Gasteiger partial charge is 0.494 e. The van der Waals surface area contributed by atoms with Crippen LogP contribution in [0.15, 0.2) is 24.3 Å². The van der Waals surface area contributed by atoms with Gasteiger partial charge >= 0.3 is 6.18 Å². The lowest BCUT2D eigenvalue weighted by Gasteiger charge is -2.08. The van der Waals surface area contributed by atoms with E-state index in [-0.39, 0.29) is 0 Å². The van der Waals surface area contributed by atoms with Crippen LogP contribution in [0.2, 0.25) is 0 Å². The van der Waals surface area contributed by atoms with E-state index in [1.54, 1.807) is 0 Å². The molecule has 0 aliphatic carbocycles.